The van der Waals surface area contributed by atoms with Gasteiger partial charge in [0.2, 0.25) is 5.91 Å². The van der Waals surface area contributed by atoms with E-state index in [9.17, 15) is 9.59 Å². The molecule has 31 heavy (non-hydrogen) atoms. The third-order valence-electron chi connectivity index (χ3n) is 5.32. The summed E-state index contributed by atoms with van der Waals surface area (Å²) in [4.78, 5) is 27.3. The van der Waals surface area contributed by atoms with Gasteiger partial charge in [-0.3, -0.25) is 9.59 Å². The molecule has 6 nitrogen and oxygen atoms in total. The van der Waals surface area contributed by atoms with E-state index in [0.717, 1.165) is 29.5 Å². The summed E-state index contributed by atoms with van der Waals surface area (Å²) in [5, 5.41) is 2.92. The first-order valence-electron chi connectivity index (χ1n) is 10.8. The summed E-state index contributed by atoms with van der Waals surface area (Å²) in [6.07, 6.45) is 1.89. The summed E-state index contributed by atoms with van der Waals surface area (Å²) in [5.74, 6) is 0.921. The lowest BCUT2D eigenvalue weighted by Gasteiger charge is -2.29. The summed E-state index contributed by atoms with van der Waals surface area (Å²) in [7, 11) is 1.60. The Balaban J connectivity index is 2.14. The molecule has 0 saturated heterocycles. The number of amides is 2. The second-order valence-corrected chi connectivity index (χ2v) is 7.73. The van der Waals surface area contributed by atoms with Crippen molar-refractivity contribution in [1.82, 2.24) is 10.2 Å². The number of carbonyl (C=O) groups excluding carboxylic acids is 2. The first kappa shape index (κ1) is 24.3. The molecule has 0 radical (unpaired) electrons. The van der Waals surface area contributed by atoms with Gasteiger partial charge in [0.25, 0.3) is 5.91 Å². The SMILES string of the molecule is CCCCNC(=O)[C@H](C)N(Cc1cccc(OC)c1)C(=O)COc1ccc(C)c(C)c1. The molecular weight excluding hydrogens is 392 g/mol. The Labute approximate surface area is 185 Å². The zero-order chi connectivity index (χ0) is 22.8. The molecule has 0 aliphatic heterocycles. The van der Waals surface area contributed by atoms with E-state index in [4.69, 9.17) is 9.47 Å². The van der Waals surface area contributed by atoms with Gasteiger partial charge in [-0.15, -0.1) is 0 Å². The fourth-order valence-corrected chi connectivity index (χ4v) is 3.12. The molecule has 1 atom stereocenters. The molecule has 0 saturated carbocycles. The third kappa shape index (κ3) is 7.31. The number of nitrogens with one attached hydrogen (secondary N) is 1. The monoisotopic (exact) mass is 426 g/mol. The maximum absolute atomic E-state index is 13.1. The lowest BCUT2D eigenvalue weighted by Crippen LogP contribution is -2.49. The van der Waals surface area contributed by atoms with Gasteiger partial charge in [0.15, 0.2) is 6.61 Å². The fourth-order valence-electron chi connectivity index (χ4n) is 3.12. The van der Waals surface area contributed by atoms with Crippen LogP contribution in [0.3, 0.4) is 0 Å². The highest BCUT2D eigenvalue weighted by Crippen LogP contribution is 2.18. The molecule has 0 aromatic heterocycles. The van der Waals surface area contributed by atoms with Crippen molar-refractivity contribution in [3.63, 3.8) is 0 Å². The van der Waals surface area contributed by atoms with Gasteiger partial charge < -0.3 is 19.7 Å². The van der Waals surface area contributed by atoms with E-state index in [-0.39, 0.29) is 25.0 Å². The second kappa shape index (κ2) is 12.0. The molecule has 0 aliphatic carbocycles. The van der Waals surface area contributed by atoms with Crippen molar-refractivity contribution in [2.45, 2.75) is 53.1 Å². The van der Waals surface area contributed by atoms with Crippen molar-refractivity contribution in [2.75, 3.05) is 20.3 Å². The highest BCUT2D eigenvalue weighted by Gasteiger charge is 2.26. The summed E-state index contributed by atoms with van der Waals surface area (Å²) >= 11 is 0. The smallest absolute Gasteiger partial charge is 0.261 e. The number of aryl methyl sites for hydroxylation is 2. The topological polar surface area (TPSA) is 67.9 Å². The van der Waals surface area contributed by atoms with Crippen molar-refractivity contribution in [3.8, 4) is 11.5 Å². The number of rotatable bonds is 11. The lowest BCUT2D eigenvalue weighted by molar-refractivity contribution is -0.142. The standard InChI is InChI=1S/C25H34N2O4/c1-6-7-13-26-25(29)20(4)27(16-21-9-8-10-22(15-21)30-5)24(28)17-31-23-12-11-18(2)19(3)14-23/h8-12,14-15,20H,6-7,13,16-17H2,1-5H3,(H,26,29)/t20-/m0/s1. The molecule has 0 unspecified atom stereocenters. The van der Waals surface area contributed by atoms with Crippen LogP contribution in [0.5, 0.6) is 11.5 Å². The van der Waals surface area contributed by atoms with Gasteiger partial charge in [-0.25, -0.2) is 0 Å². The quantitative estimate of drug-likeness (QED) is 0.551. The van der Waals surface area contributed by atoms with Crippen LogP contribution in [0.4, 0.5) is 0 Å². The van der Waals surface area contributed by atoms with Gasteiger partial charge in [-0.2, -0.15) is 0 Å². The van der Waals surface area contributed by atoms with Crippen LogP contribution in [-0.2, 0) is 16.1 Å². The molecule has 0 aliphatic rings. The number of methoxy groups -OCH3 is 1. The van der Waals surface area contributed by atoms with E-state index >= 15 is 0 Å². The van der Waals surface area contributed by atoms with Crippen molar-refractivity contribution in [3.05, 3.63) is 59.2 Å². The molecular formula is C25H34N2O4. The predicted molar refractivity (Wildman–Crippen MR) is 122 cm³/mol. The summed E-state index contributed by atoms with van der Waals surface area (Å²) in [5.41, 5.74) is 3.14. The molecule has 1 N–H and O–H groups in total. The average molecular weight is 427 g/mol. The maximum atomic E-state index is 13.1. The third-order valence-corrected chi connectivity index (χ3v) is 5.32. The number of unbranched alkanes of at least 4 members (excludes halogenated alkanes) is 1. The van der Waals surface area contributed by atoms with Crippen LogP contribution in [-0.4, -0.2) is 43.0 Å². The number of nitrogens with zero attached hydrogens (tertiary/aromatic N) is 1. The van der Waals surface area contributed by atoms with Crippen LogP contribution in [0, 0.1) is 13.8 Å². The molecule has 0 heterocycles. The Morgan fingerprint density at radius 3 is 2.52 bits per heavy atom. The first-order valence-corrected chi connectivity index (χ1v) is 10.8. The number of hydrogen-bond acceptors (Lipinski definition) is 4. The van der Waals surface area contributed by atoms with E-state index in [2.05, 4.69) is 12.2 Å². The molecule has 2 aromatic carbocycles. The molecule has 2 amide bonds. The van der Waals surface area contributed by atoms with Crippen molar-refractivity contribution in [1.29, 1.82) is 0 Å². The Bertz CT molecular complexity index is 882. The van der Waals surface area contributed by atoms with Crippen LogP contribution in [0.1, 0.15) is 43.4 Å². The van der Waals surface area contributed by atoms with Gasteiger partial charge in [0.05, 0.1) is 7.11 Å². The second-order valence-electron chi connectivity index (χ2n) is 7.73. The van der Waals surface area contributed by atoms with Gasteiger partial charge in [-0.1, -0.05) is 31.5 Å². The van der Waals surface area contributed by atoms with E-state index in [0.29, 0.717) is 18.0 Å². The summed E-state index contributed by atoms with van der Waals surface area (Å²) in [6.45, 7) is 8.59. The van der Waals surface area contributed by atoms with Crippen molar-refractivity contribution in [2.24, 2.45) is 0 Å². The van der Waals surface area contributed by atoms with Crippen LogP contribution in [0.15, 0.2) is 42.5 Å². The Hall–Kier alpha value is -3.02. The van der Waals surface area contributed by atoms with Crippen LogP contribution in [0.25, 0.3) is 0 Å². The van der Waals surface area contributed by atoms with E-state index < -0.39 is 6.04 Å². The highest BCUT2D eigenvalue weighted by atomic mass is 16.5. The van der Waals surface area contributed by atoms with E-state index in [1.165, 1.54) is 0 Å². The number of hydrogen-bond donors (Lipinski definition) is 1. The van der Waals surface area contributed by atoms with Gasteiger partial charge in [-0.05, 0) is 68.1 Å². The zero-order valence-corrected chi connectivity index (χ0v) is 19.2. The minimum absolute atomic E-state index is 0.140. The van der Waals surface area contributed by atoms with Crippen molar-refractivity contribution < 1.29 is 19.1 Å². The minimum Gasteiger partial charge on any atom is -0.497 e. The Morgan fingerprint density at radius 1 is 1.06 bits per heavy atom. The van der Waals surface area contributed by atoms with Crippen molar-refractivity contribution >= 4 is 11.8 Å². The Morgan fingerprint density at radius 2 is 1.84 bits per heavy atom. The average Bonchev–Trinajstić information content (AvgIpc) is 2.77. The maximum Gasteiger partial charge on any atom is 0.261 e. The zero-order valence-electron chi connectivity index (χ0n) is 19.2. The molecule has 2 rings (SSSR count). The number of benzene rings is 2. The highest BCUT2D eigenvalue weighted by molar-refractivity contribution is 5.87. The largest absolute Gasteiger partial charge is 0.497 e. The normalized spacial score (nSPS) is 11.5. The molecule has 6 heteroatoms. The minimum atomic E-state index is -0.626. The molecule has 2 aromatic rings. The fraction of sp³-hybridized carbons (Fsp3) is 0.440. The number of ether oxygens (including phenoxy) is 2. The molecule has 0 spiro atoms. The van der Waals surface area contributed by atoms with E-state index in [1.807, 2.05) is 56.3 Å². The Kier molecular flexibility index (Phi) is 9.38. The summed E-state index contributed by atoms with van der Waals surface area (Å²) in [6, 6.07) is 12.6. The number of carbonyl (C=O) groups is 2. The summed E-state index contributed by atoms with van der Waals surface area (Å²) < 4.78 is 11.0. The van der Waals surface area contributed by atoms with Crippen LogP contribution < -0.4 is 14.8 Å². The molecule has 168 valence electrons. The van der Waals surface area contributed by atoms with Crippen LogP contribution in [0.2, 0.25) is 0 Å². The molecule has 0 fully saturated rings. The predicted octanol–water partition coefficient (Wildman–Crippen LogP) is 4.02. The van der Waals surface area contributed by atoms with Gasteiger partial charge >= 0.3 is 0 Å². The van der Waals surface area contributed by atoms with Gasteiger partial charge in [0.1, 0.15) is 17.5 Å². The van der Waals surface area contributed by atoms with Crippen LogP contribution >= 0.6 is 0 Å². The van der Waals surface area contributed by atoms with E-state index in [1.54, 1.807) is 18.9 Å². The first-order chi connectivity index (χ1) is 14.8. The lowest BCUT2D eigenvalue weighted by atomic mass is 10.1. The molecule has 0 bridgehead atoms. The van der Waals surface area contributed by atoms with Gasteiger partial charge in [0, 0.05) is 13.1 Å².